The largest absolute Gasteiger partial charge is 0.462 e. The molecule has 0 aliphatic carbocycles. The topological polar surface area (TPSA) is 78.9 Å². The summed E-state index contributed by atoms with van der Waals surface area (Å²) in [5, 5.41) is 0. The summed E-state index contributed by atoms with van der Waals surface area (Å²) in [7, 11) is 0. The maximum Gasteiger partial charge on any atom is 0.306 e. The Kier molecular flexibility index (Phi) is 66.6. The molecule has 468 valence electrons. The minimum atomic E-state index is -0.773. The second kappa shape index (κ2) is 68.9. The van der Waals surface area contributed by atoms with E-state index in [1.807, 2.05) is 0 Å². The number of ether oxygens (including phenoxy) is 3. The molecule has 0 amide bonds. The van der Waals surface area contributed by atoms with Crippen molar-refractivity contribution in [3.8, 4) is 0 Å². The molecule has 0 saturated heterocycles. The summed E-state index contributed by atoms with van der Waals surface area (Å²) >= 11 is 0. The molecule has 0 aromatic rings. The Morgan fingerprint density at radius 3 is 0.713 bits per heavy atom. The summed E-state index contributed by atoms with van der Waals surface area (Å²) in [6.45, 7) is 6.67. The second-order valence-corrected chi connectivity index (χ2v) is 24.1. The molecular formula is C74H136O6. The first-order valence-corrected chi connectivity index (χ1v) is 35.6. The first-order chi connectivity index (χ1) is 39.5. The van der Waals surface area contributed by atoms with Gasteiger partial charge < -0.3 is 14.2 Å². The van der Waals surface area contributed by atoms with Crippen LogP contribution in [0.1, 0.15) is 387 Å². The molecule has 0 aromatic heterocycles. The molecule has 0 heterocycles. The number of hydrogen-bond acceptors (Lipinski definition) is 6. The van der Waals surface area contributed by atoms with E-state index in [-0.39, 0.29) is 31.1 Å². The van der Waals surface area contributed by atoms with Crippen LogP contribution in [0.3, 0.4) is 0 Å². The van der Waals surface area contributed by atoms with Crippen LogP contribution < -0.4 is 0 Å². The highest BCUT2D eigenvalue weighted by atomic mass is 16.6. The zero-order valence-corrected chi connectivity index (χ0v) is 53.9. The van der Waals surface area contributed by atoms with Crippen molar-refractivity contribution in [1.82, 2.24) is 0 Å². The van der Waals surface area contributed by atoms with Gasteiger partial charge in [-0.2, -0.15) is 0 Å². The first-order valence-electron chi connectivity index (χ1n) is 35.6. The molecule has 0 aliphatic heterocycles. The predicted molar refractivity (Wildman–Crippen MR) is 349 cm³/mol. The van der Waals surface area contributed by atoms with Gasteiger partial charge in [0.25, 0.3) is 0 Å². The monoisotopic (exact) mass is 1120 g/mol. The first kappa shape index (κ1) is 77.4. The maximum absolute atomic E-state index is 12.9. The average molecular weight is 1120 g/mol. The molecule has 0 spiro atoms. The zero-order chi connectivity index (χ0) is 57.8. The van der Waals surface area contributed by atoms with Crippen molar-refractivity contribution in [3.63, 3.8) is 0 Å². The SMILES string of the molecule is CCCCCCC/C=C\C/C=C\C/C=C\CCCCCCCCCCCCCCCCCCCCC(=O)OCC(COC(=O)CCCCCCC/C=C\CCCCCCC)OC(=O)CCCCCCCCCCCCCCCCC. The Labute approximate surface area is 498 Å². The third-order valence-electron chi connectivity index (χ3n) is 16.1. The van der Waals surface area contributed by atoms with E-state index in [1.54, 1.807) is 0 Å². The maximum atomic E-state index is 12.9. The highest BCUT2D eigenvalue weighted by Crippen LogP contribution is 2.18. The van der Waals surface area contributed by atoms with Gasteiger partial charge in [0.05, 0.1) is 0 Å². The third kappa shape index (κ3) is 66.2. The van der Waals surface area contributed by atoms with Crippen LogP contribution in [-0.2, 0) is 28.6 Å². The van der Waals surface area contributed by atoms with Gasteiger partial charge in [0.2, 0.25) is 0 Å². The fraction of sp³-hybridized carbons (Fsp3) is 0.851. The minimum absolute atomic E-state index is 0.0699. The lowest BCUT2D eigenvalue weighted by atomic mass is 10.0. The van der Waals surface area contributed by atoms with E-state index in [2.05, 4.69) is 69.4 Å². The molecule has 0 N–H and O–H groups in total. The van der Waals surface area contributed by atoms with Crippen LogP contribution >= 0.6 is 0 Å². The van der Waals surface area contributed by atoms with Gasteiger partial charge in [0.1, 0.15) is 13.2 Å². The van der Waals surface area contributed by atoms with Gasteiger partial charge in [-0.15, -0.1) is 0 Å². The molecule has 0 radical (unpaired) electrons. The standard InChI is InChI=1S/C74H136O6/c1-4-7-10-13-16-19-22-25-28-29-30-31-32-33-34-35-36-37-38-39-40-41-42-43-44-45-47-49-52-55-58-61-64-67-73(76)79-70-71(69-78-72(75)66-63-60-57-54-51-48-27-24-21-18-15-12-9-6-3)80-74(77)68-65-62-59-56-53-50-46-26-23-20-17-14-11-8-5-2/h22,24-25,27,29-30,32-33,71H,4-21,23,26,28,31,34-70H2,1-3H3/b25-22-,27-24-,30-29-,33-32-. The Hall–Kier alpha value is -2.63. The zero-order valence-electron chi connectivity index (χ0n) is 53.9. The van der Waals surface area contributed by atoms with E-state index < -0.39 is 6.10 Å². The number of carbonyl (C=O) groups is 3. The van der Waals surface area contributed by atoms with E-state index in [1.165, 1.54) is 270 Å². The average Bonchev–Trinajstić information content (AvgIpc) is 3.46. The molecule has 0 fully saturated rings. The molecule has 0 saturated carbocycles. The Bertz CT molecular complexity index is 1380. The molecule has 6 heteroatoms. The van der Waals surface area contributed by atoms with Gasteiger partial charge in [-0.05, 0) is 83.5 Å². The van der Waals surface area contributed by atoms with Crippen LogP contribution in [0.4, 0.5) is 0 Å². The fourth-order valence-corrected chi connectivity index (χ4v) is 10.7. The van der Waals surface area contributed by atoms with Gasteiger partial charge in [-0.1, -0.05) is 333 Å². The Balaban J connectivity index is 4.12. The van der Waals surface area contributed by atoms with Crippen LogP contribution in [-0.4, -0.2) is 37.2 Å². The summed E-state index contributed by atoms with van der Waals surface area (Å²) in [6, 6.07) is 0. The molecule has 0 bridgehead atoms. The predicted octanol–water partition coefficient (Wildman–Crippen LogP) is 24.5. The van der Waals surface area contributed by atoms with Crippen molar-refractivity contribution >= 4 is 17.9 Å². The molecule has 0 aliphatic rings. The lowest BCUT2D eigenvalue weighted by Gasteiger charge is -2.18. The van der Waals surface area contributed by atoms with Gasteiger partial charge >= 0.3 is 17.9 Å². The van der Waals surface area contributed by atoms with Crippen molar-refractivity contribution in [2.24, 2.45) is 0 Å². The quantitative estimate of drug-likeness (QED) is 0.0261. The molecule has 6 nitrogen and oxygen atoms in total. The van der Waals surface area contributed by atoms with Crippen molar-refractivity contribution in [1.29, 1.82) is 0 Å². The summed E-state index contributed by atoms with van der Waals surface area (Å²) in [5.41, 5.74) is 0. The summed E-state index contributed by atoms with van der Waals surface area (Å²) in [5.74, 6) is -0.852. The van der Waals surface area contributed by atoms with Crippen molar-refractivity contribution in [3.05, 3.63) is 48.6 Å². The van der Waals surface area contributed by atoms with Gasteiger partial charge in [-0.25, -0.2) is 0 Å². The van der Waals surface area contributed by atoms with Crippen molar-refractivity contribution in [2.75, 3.05) is 13.2 Å². The number of carbonyl (C=O) groups excluding carboxylic acids is 3. The molecular weight excluding hydrogens is 985 g/mol. The van der Waals surface area contributed by atoms with Crippen LogP contribution in [0.2, 0.25) is 0 Å². The number of esters is 3. The lowest BCUT2D eigenvalue weighted by Crippen LogP contribution is -2.30. The highest BCUT2D eigenvalue weighted by molar-refractivity contribution is 5.71. The highest BCUT2D eigenvalue weighted by Gasteiger charge is 2.19. The van der Waals surface area contributed by atoms with E-state index >= 15 is 0 Å². The summed E-state index contributed by atoms with van der Waals surface area (Å²) < 4.78 is 17.0. The molecule has 1 unspecified atom stereocenters. The van der Waals surface area contributed by atoms with Crippen molar-refractivity contribution < 1.29 is 28.6 Å². The van der Waals surface area contributed by atoms with E-state index in [4.69, 9.17) is 14.2 Å². The molecule has 1 atom stereocenters. The van der Waals surface area contributed by atoms with Gasteiger partial charge in [-0.3, -0.25) is 14.4 Å². The molecule has 80 heavy (non-hydrogen) atoms. The van der Waals surface area contributed by atoms with E-state index in [0.717, 1.165) is 77.0 Å². The molecule has 0 aromatic carbocycles. The number of unbranched alkanes of at least 4 members (excludes halogenated alkanes) is 47. The van der Waals surface area contributed by atoms with Crippen LogP contribution in [0, 0.1) is 0 Å². The van der Waals surface area contributed by atoms with Gasteiger partial charge in [0, 0.05) is 19.3 Å². The summed E-state index contributed by atoms with van der Waals surface area (Å²) in [4.78, 5) is 38.4. The summed E-state index contributed by atoms with van der Waals surface area (Å²) in [6.07, 6.45) is 87.2. The molecule has 0 rings (SSSR count). The smallest absolute Gasteiger partial charge is 0.306 e. The van der Waals surface area contributed by atoms with Crippen molar-refractivity contribution in [2.45, 2.75) is 393 Å². The van der Waals surface area contributed by atoms with Crippen LogP contribution in [0.5, 0.6) is 0 Å². The van der Waals surface area contributed by atoms with Gasteiger partial charge in [0.15, 0.2) is 6.10 Å². The third-order valence-corrected chi connectivity index (χ3v) is 16.1. The minimum Gasteiger partial charge on any atom is -0.462 e. The Morgan fingerprint density at radius 2 is 0.450 bits per heavy atom. The number of allylic oxidation sites excluding steroid dienone is 8. The van der Waals surface area contributed by atoms with E-state index in [9.17, 15) is 14.4 Å². The number of hydrogen-bond donors (Lipinski definition) is 0. The van der Waals surface area contributed by atoms with Crippen LogP contribution in [0.25, 0.3) is 0 Å². The lowest BCUT2D eigenvalue weighted by molar-refractivity contribution is -0.167. The van der Waals surface area contributed by atoms with Crippen LogP contribution in [0.15, 0.2) is 48.6 Å². The normalized spacial score (nSPS) is 12.3. The number of rotatable bonds is 66. The van der Waals surface area contributed by atoms with E-state index in [0.29, 0.717) is 19.3 Å². The second-order valence-electron chi connectivity index (χ2n) is 24.1. The Morgan fingerprint density at radius 1 is 0.250 bits per heavy atom. The fourth-order valence-electron chi connectivity index (χ4n) is 10.7.